The predicted molar refractivity (Wildman–Crippen MR) is 212 cm³/mol. The Kier molecular flexibility index (Phi) is 35.1. The lowest BCUT2D eigenvalue weighted by molar-refractivity contribution is -0.870. The van der Waals surface area contributed by atoms with Gasteiger partial charge in [0.05, 0.1) is 34.4 Å². The monoisotopic (exact) mass is 743 g/mol. The molecule has 0 heterocycles. The SMILES string of the molecule is CCCCCCCCCCCCCCCCCCCCCCC(=O)OC(COC(=O)CCCCCCCCC)COC(OCC[N+](C)(C)C)C(=O)O. The van der Waals surface area contributed by atoms with Crippen LogP contribution < -0.4 is 0 Å². The third-order valence-electron chi connectivity index (χ3n) is 9.61. The first-order valence-electron chi connectivity index (χ1n) is 21.7. The van der Waals surface area contributed by atoms with Gasteiger partial charge in [-0.2, -0.15) is 0 Å². The summed E-state index contributed by atoms with van der Waals surface area (Å²) in [5, 5.41) is 9.59. The molecular formula is C43H84NO8+. The average Bonchev–Trinajstić information content (AvgIpc) is 3.09. The largest absolute Gasteiger partial charge is 0.477 e. The van der Waals surface area contributed by atoms with E-state index >= 15 is 0 Å². The first-order chi connectivity index (χ1) is 25.1. The Balaban J connectivity index is 4.26. The number of hydrogen-bond acceptors (Lipinski definition) is 7. The second-order valence-corrected chi connectivity index (χ2v) is 16.0. The lowest BCUT2D eigenvalue weighted by Crippen LogP contribution is -2.40. The van der Waals surface area contributed by atoms with Gasteiger partial charge in [0.25, 0.3) is 6.29 Å². The lowest BCUT2D eigenvalue weighted by atomic mass is 10.0. The third-order valence-corrected chi connectivity index (χ3v) is 9.61. The summed E-state index contributed by atoms with van der Waals surface area (Å²) < 4.78 is 22.6. The van der Waals surface area contributed by atoms with Crippen LogP contribution in [0.1, 0.15) is 200 Å². The molecule has 2 atom stereocenters. The van der Waals surface area contributed by atoms with E-state index in [1.54, 1.807) is 0 Å². The number of carbonyl (C=O) groups is 3. The van der Waals surface area contributed by atoms with Crippen LogP contribution in [0, 0.1) is 0 Å². The number of quaternary nitrogens is 1. The Bertz CT molecular complexity index is 830. The summed E-state index contributed by atoms with van der Waals surface area (Å²) in [6.07, 6.45) is 31.8. The number of aliphatic carboxylic acids is 1. The zero-order valence-electron chi connectivity index (χ0n) is 34.7. The molecule has 0 fully saturated rings. The smallest absolute Gasteiger partial charge is 0.361 e. The topological polar surface area (TPSA) is 108 Å². The van der Waals surface area contributed by atoms with Gasteiger partial charge >= 0.3 is 17.9 Å². The molecule has 0 aromatic rings. The third kappa shape index (κ3) is 36.6. The standard InChI is InChI=1S/C43H83NO8/c1-6-8-10-12-14-15-16-17-18-19-20-21-22-23-24-25-26-28-30-32-34-41(46)52-39(37-50-40(45)33-31-29-27-13-11-9-7-2)38-51-43(42(47)48)49-36-35-44(3,4)5/h39,43H,6-38H2,1-5H3/p+1. The maximum absolute atomic E-state index is 12.7. The van der Waals surface area contributed by atoms with Crippen molar-refractivity contribution in [3.8, 4) is 0 Å². The fourth-order valence-electron chi connectivity index (χ4n) is 6.19. The van der Waals surface area contributed by atoms with Crippen molar-refractivity contribution >= 4 is 17.9 Å². The van der Waals surface area contributed by atoms with Crippen LogP contribution in [0.3, 0.4) is 0 Å². The number of hydrogen-bond donors (Lipinski definition) is 1. The molecule has 1 N–H and O–H groups in total. The first-order valence-corrected chi connectivity index (χ1v) is 21.7. The van der Waals surface area contributed by atoms with Gasteiger partial charge in [-0.15, -0.1) is 0 Å². The molecule has 0 aliphatic rings. The Hall–Kier alpha value is -1.71. The normalized spacial score (nSPS) is 12.9. The summed E-state index contributed by atoms with van der Waals surface area (Å²) in [5.41, 5.74) is 0. The average molecular weight is 743 g/mol. The van der Waals surface area contributed by atoms with Crippen molar-refractivity contribution in [1.82, 2.24) is 0 Å². The van der Waals surface area contributed by atoms with Gasteiger partial charge in [-0.25, -0.2) is 4.79 Å². The Morgan fingerprint density at radius 2 is 0.865 bits per heavy atom. The zero-order valence-corrected chi connectivity index (χ0v) is 34.7. The van der Waals surface area contributed by atoms with Gasteiger partial charge in [-0.3, -0.25) is 9.59 Å². The fourth-order valence-corrected chi connectivity index (χ4v) is 6.19. The van der Waals surface area contributed by atoms with Crippen LogP contribution in [-0.2, 0) is 33.3 Å². The summed E-state index contributed by atoms with van der Waals surface area (Å²) in [6.45, 7) is 4.84. The molecule has 0 aliphatic carbocycles. The van der Waals surface area contributed by atoms with E-state index in [-0.39, 0.29) is 32.2 Å². The van der Waals surface area contributed by atoms with Crippen molar-refractivity contribution < 1.29 is 42.9 Å². The van der Waals surface area contributed by atoms with Crippen molar-refractivity contribution in [2.45, 2.75) is 212 Å². The molecule has 0 aliphatic heterocycles. The van der Waals surface area contributed by atoms with Crippen LogP contribution in [0.25, 0.3) is 0 Å². The molecule has 0 saturated heterocycles. The van der Waals surface area contributed by atoms with Crippen LogP contribution in [-0.4, -0.2) is 87.4 Å². The van der Waals surface area contributed by atoms with Crippen LogP contribution in [0.5, 0.6) is 0 Å². The van der Waals surface area contributed by atoms with E-state index in [0.29, 0.717) is 17.4 Å². The van der Waals surface area contributed by atoms with Gasteiger partial charge in [0.2, 0.25) is 0 Å². The number of likely N-dealkylation sites (N-methyl/N-ethyl adjacent to an activating group) is 1. The number of rotatable bonds is 40. The molecule has 0 saturated carbocycles. The Morgan fingerprint density at radius 3 is 1.23 bits per heavy atom. The minimum atomic E-state index is -1.50. The molecule has 9 heteroatoms. The highest BCUT2D eigenvalue weighted by Crippen LogP contribution is 2.16. The van der Waals surface area contributed by atoms with E-state index in [2.05, 4.69) is 13.8 Å². The summed E-state index contributed by atoms with van der Waals surface area (Å²) in [5.74, 6) is -2.00. The van der Waals surface area contributed by atoms with E-state index in [4.69, 9.17) is 18.9 Å². The van der Waals surface area contributed by atoms with Gasteiger partial charge in [-0.1, -0.05) is 174 Å². The number of nitrogens with zero attached hydrogens (tertiary/aromatic N) is 1. The quantitative estimate of drug-likeness (QED) is 0.0286. The van der Waals surface area contributed by atoms with Crippen LogP contribution in [0.2, 0.25) is 0 Å². The summed E-state index contributed by atoms with van der Waals surface area (Å²) in [4.78, 5) is 36.8. The molecule has 0 amide bonds. The van der Waals surface area contributed by atoms with Crippen molar-refractivity contribution in [2.24, 2.45) is 0 Å². The van der Waals surface area contributed by atoms with Crippen LogP contribution in [0.4, 0.5) is 0 Å². The number of esters is 2. The summed E-state index contributed by atoms with van der Waals surface area (Å²) >= 11 is 0. The van der Waals surface area contributed by atoms with Crippen molar-refractivity contribution in [1.29, 1.82) is 0 Å². The van der Waals surface area contributed by atoms with Gasteiger partial charge in [-0.05, 0) is 12.8 Å². The van der Waals surface area contributed by atoms with E-state index in [1.807, 2.05) is 21.1 Å². The molecule has 0 aromatic carbocycles. The molecule has 0 radical (unpaired) electrons. The molecule has 0 rings (SSSR count). The molecule has 52 heavy (non-hydrogen) atoms. The van der Waals surface area contributed by atoms with Crippen LogP contribution in [0.15, 0.2) is 0 Å². The van der Waals surface area contributed by atoms with Crippen molar-refractivity contribution in [3.05, 3.63) is 0 Å². The van der Waals surface area contributed by atoms with Gasteiger partial charge < -0.3 is 28.5 Å². The number of carboxylic acid groups (broad SMARTS) is 1. The molecule has 0 spiro atoms. The maximum Gasteiger partial charge on any atom is 0.361 e. The fraction of sp³-hybridized carbons (Fsp3) is 0.930. The highest BCUT2D eigenvalue weighted by molar-refractivity contribution is 5.71. The van der Waals surface area contributed by atoms with Crippen molar-refractivity contribution in [3.63, 3.8) is 0 Å². The molecular weight excluding hydrogens is 658 g/mol. The van der Waals surface area contributed by atoms with E-state index in [1.165, 1.54) is 135 Å². The second kappa shape index (κ2) is 36.3. The second-order valence-electron chi connectivity index (χ2n) is 16.0. The van der Waals surface area contributed by atoms with Crippen LogP contribution >= 0.6 is 0 Å². The van der Waals surface area contributed by atoms with E-state index in [9.17, 15) is 19.5 Å². The van der Waals surface area contributed by atoms with Gasteiger partial charge in [0.1, 0.15) is 13.2 Å². The van der Waals surface area contributed by atoms with Crippen molar-refractivity contribution in [2.75, 3.05) is 47.5 Å². The summed E-state index contributed by atoms with van der Waals surface area (Å²) in [6, 6.07) is 0. The molecule has 2 unspecified atom stereocenters. The number of carboxylic acids is 1. The lowest BCUT2D eigenvalue weighted by Gasteiger charge is -2.25. The Labute approximate surface area is 320 Å². The molecule has 0 bridgehead atoms. The number of carbonyl (C=O) groups excluding carboxylic acids is 2. The number of ether oxygens (including phenoxy) is 4. The van der Waals surface area contributed by atoms with E-state index in [0.717, 1.165) is 38.5 Å². The molecule has 9 nitrogen and oxygen atoms in total. The number of unbranched alkanes of at least 4 members (excludes halogenated alkanes) is 25. The minimum absolute atomic E-state index is 0.175. The molecule has 0 aromatic heterocycles. The predicted octanol–water partition coefficient (Wildman–Crippen LogP) is 10.9. The summed E-state index contributed by atoms with van der Waals surface area (Å²) in [7, 11) is 5.95. The maximum atomic E-state index is 12.7. The van der Waals surface area contributed by atoms with E-state index < -0.39 is 24.3 Å². The highest BCUT2D eigenvalue weighted by Gasteiger charge is 2.25. The Morgan fingerprint density at radius 1 is 0.500 bits per heavy atom. The minimum Gasteiger partial charge on any atom is -0.477 e. The first kappa shape index (κ1) is 50.3. The zero-order chi connectivity index (χ0) is 38.5. The van der Waals surface area contributed by atoms with Gasteiger partial charge in [0, 0.05) is 12.8 Å². The highest BCUT2D eigenvalue weighted by atomic mass is 16.7. The molecule has 308 valence electrons. The van der Waals surface area contributed by atoms with Gasteiger partial charge in [0.15, 0.2) is 6.10 Å².